The van der Waals surface area contributed by atoms with E-state index in [9.17, 15) is 0 Å². The SMILES string of the molecule is COc1ccc(-n2c(Nc3ccc(C)cc3)nc(N)nc2=S)cc1. The third-order valence-corrected chi connectivity index (χ3v) is 3.75. The summed E-state index contributed by atoms with van der Waals surface area (Å²) in [5.74, 6) is 1.38. The van der Waals surface area contributed by atoms with Gasteiger partial charge in [0.05, 0.1) is 12.8 Å². The molecule has 3 aromatic rings. The molecule has 0 aliphatic heterocycles. The highest BCUT2D eigenvalue weighted by Gasteiger charge is 2.09. The first-order valence-corrected chi connectivity index (χ1v) is 7.72. The quantitative estimate of drug-likeness (QED) is 0.707. The summed E-state index contributed by atoms with van der Waals surface area (Å²) in [4.78, 5) is 8.37. The summed E-state index contributed by atoms with van der Waals surface area (Å²) in [5, 5.41) is 3.24. The van der Waals surface area contributed by atoms with E-state index in [1.807, 2.05) is 55.5 Å². The zero-order valence-corrected chi connectivity index (χ0v) is 14.2. The largest absolute Gasteiger partial charge is 0.497 e. The van der Waals surface area contributed by atoms with Crippen LogP contribution >= 0.6 is 12.2 Å². The van der Waals surface area contributed by atoms with Gasteiger partial charge in [-0.25, -0.2) is 0 Å². The highest BCUT2D eigenvalue weighted by molar-refractivity contribution is 7.71. The van der Waals surface area contributed by atoms with Crippen molar-refractivity contribution in [2.24, 2.45) is 0 Å². The Bertz CT molecular complexity index is 904. The van der Waals surface area contributed by atoms with Crippen LogP contribution in [0.5, 0.6) is 5.75 Å². The normalized spacial score (nSPS) is 10.4. The maximum Gasteiger partial charge on any atom is 0.226 e. The minimum absolute atomic E-state index is 0.124. The highest BCUT2D eigenvalue weighted by atomic mass is 32.1. The van der Waals surface area contributed by atoms with Crippen LogP contribution in [0.1, 0.15) is 5.56 Å². The summed E-state index contributed by atoms with van der Waals surface area (Å²) in [6.07, 6.45) is 0. The van der Waals surface area contributed by atoms with E-state index in [2.05, 4.69) is 15.3 Å². The fraction of sp³-hybridized carbons (Fsp3) is 0.118. The Hall–Kier alpha value is -2.93. The van der Waals surface area contributed by atoms with Crippen LogP contribution in [0.4, 0.5) is 17.6 Å². The van der Waals surface area contributed by atoms with E-state index in [4.69, 9.17) is 22.7 Å². The van der Waals surface area contributed by atoms with E-state index in [1.54, 1.807) is 11.7 Å². The smallest absolute Gasteiger partial charge is 0.226 e. The van der Waals surface area contributed by atoms with E-state index >= 15 is 0 Å². The Morgan fingerprint density at radius 2 is 1.71 bits per heavy atom. The summed E-state index contributed by atoms with van der Waals surface area (Å²) in [6, 6.07) is 15.4. The number of anilines is 3. The van der Waals surface area contributed by atoms with Crippen LogP contribution in [0.15, 0.2) is 48.5 Å². The number of ether oxygens (including phenoxy) is 1. The second-order valence-electron chi connectivity index (χ2n) is 5.21. The van der Waals surface area contributed by atoms with Crippen LogP contribution < -0.4 is 15.8 Å². The Kier molecular flexibility index (Phi) is 4.43. The third-order valence-electron chi connectivity index (χ3n) is 3.47. The number of nitrogens with two attached hydrogens (primary N) is 1. The molecular weight excluding hydrogens is 322 g/mol. The van der Waals surface area contributed by atoms with Gasteiger partial charge >= 0.3 is 0 Å². The number of nitrogens with zero attached hydrogens (tertiary/aromatic N) is 3. The molecule has 0 aliphatic carbocycles. The van der Waals surface area contributed by atoms with Gasteiger partial charge in [0.1, 0.15) is 5.75 Å². The topological polar surface area (TPSA) is 78.0 Å². The molecule has 2 aromatic carbocycles. The van der Waals surface area contributed by atoms with Crippen molar-refractivity contribution < 1.29 is 4.74 Å². The lowest BCUT2D eigenvalue weighted by Gasteiger charge is -2.15. The standard InChI is InChI=1S/C17H17N5OS/c1-11-3-5-12(6-4-11)19-16-20-15(18)21-17(24)22(16)13-7-9-14(23-2)10-8-13/h3-10H,1-2H3,(H3,18,19,20,21,24). The molecule has 0 saturated carbocycles. The van der Waals surface area contributed by atoms with E-state index in [0.29, 0.717) is 10.7 Å². The van der Waals surface area contributed by atoms with Gasteiger partial charge < -0.3 is 15.8 Å². The molecule has 24 heavy (non-hydrogen) atoms. The van der Waals surface area contributed by atoms with Gasteiger partial charge in [-0.2, -0.15) is 9.97 Å². The average molecular weight is 339 g/mol. The number of methoxy groups -OCH3 is 1. The van der Waals surface area contributed by atoms with E-state index in [1.165, 1.54) is 5.56 Å². The third kappa shape index (κ3) is 3.36. The lowest BCUT2D eigenvalue weighted by molar-refractivity contribution is 0.414. The van der Waals surface area contributed by atoms with Crippen molar-refractivity contribution in [3.05, 3.63) is 58.9 Å². The molecule has 0 atom stereocenters. The Balaban J connectivity index is 2.07. The lowest BCUT2D eigenvalue weighted by atomic mass is 10.2. The number of hydrogen-bond donors (Lipinski definition) is 2. The van der Waals surface area contributed by atoms with Crippen LogP contribution in [0, 0.1) is 11.7 Å². The van der Waals surface area contributed by atoms with Gasteiger partial charge in [0.25, 0.3) is 0 Å². The molecule has 0 saturated heterocycles. The Morgan fingerprint density at radius 3 is 2.33 bits per heavy atom. The van der Waals surface area contributed by atoms with Gasteiger partial charge in [-0.05, 0) is 55.5 Å². The van der Waals surface area contributed by atoms with Crippen molar-refractivity contribution in [2.75, 3.05) is 18.2 Å². The molecule has 0 aliphatic rings. The van der Waals surface area contributed by atoms with Crippen molar-refractivity contribution in [3.8, 4) is 11.4 Å². The first-order valence-electron chi connectivity index (χ1n) is 7.31. The molecule has 1 aromatic heterocycles. The molecule has 3 N–H and O–H groups in total. The van der Waals surface area contributed by atoms with E-state index in [0.717, 1.165) is 17.1 Å². The van der Waals surface area contributed by atoms with Gasteiger partial charge in [-0.15, -0.1) is 0 Å². The fourth-order valence-corrected chi connectivity index (χ4v) is 2.52. The van der Waals surface area contributed by atoms with Gasteiger partial charge in [0.2, 0.25) is 16.7 Å². The van der Waals surface area contributed by atoms with Crippen molar-refractivity contribution in [3.63, 3.8) is 0 Å². The summed E-state index contributed by atoms with van der Waals surface area (Å²) < 4.78 is 7.24. The second-order valence-corrected chi connectivity index (χ2v) is 5.58. The van der Waals surface area contributed by atoms with Gasteiger partial charge in [-0.1, -0.05) is 17.7 Å². The molecule has 122 valence electrons. The van der Waals surface area contributed by atoms with Crippen LogP contribution in [0.2, 0.25) is 0 Å². The van der Waals surface area contributed by atoms with Crippen molar-refractivity contribution in [1.82, 2.24) is 14.5 Å². The number of benzene rings is 2. The molecular formula is C17H17N5OS. The van der Waals surface area contributed by atoms with Crippen molar-refractivity contribution in [1.29, 1.82) is 0 Å². The molecule has 0 fully saturated rings. The number of aromatic nitrogens is 3. The van der Waals surface area contributed by atoms with Crippen LogP contribution in [-0.4, -0.2) is 21.6 Å². The van der Waals surface area contributed by atoms with Crippen molar-refractivity contribution >= 4 is 29.8 Å². The zero-order valence-electron chi connectivity index (χ0n) is 13.4. The first kappa shape index (κ1) is 15.9. The van der Waals surface area contributed by atoms with Gasteiger partial charge in [-0.3, -0.25) is 4.57 Å². The zero-order chi connectivity index (χ0) is 17.1. The molecule has 0 radical (unpaired) electrons. The highest BCUT2D eigenvalue weighted by Crippen LogP contribution is 2.22. The molecule has 7 heteroatoms. The maximum atomic E-state index is 5.77. The van der Waals surface area contributed by atoms with Gasteiger partial charge in [0, 0.05) is 5.69 Å². The second kappa shape index (κ2) is 6.67. The summed E-state index contributed by atoms with van der Waals surface area (Å²) in [5.41, 5.74) is 8.64. The molecule has 0 spiro atoms. The number of rotatable bonds is 4. The number of nitrogens with one attached hydrogen (secondary N) is 1. The maximum absolute atomic E-state index is 5.77. The minimum atomic E-state index is 0.124. The summed E-state index contributed by atoms with van der Waals surface area (Å²) >= 11 is 5.37. The predicted octanol–water partition coefficient (Wildman–Crippen LogP) is 3.64. The average Bonchev–Trinajstić information content (AvgIpc) is 2.57. The number of aryl methyl sites for hydroxylation is 1. The predicted molar refractivity (Wildman–Crippen MR) is 97.6 cm³/mol. The molecule has 0 amide bonds. The van der Waals surface area contributed by atoms with Crippen LogP contribution in [-0.2, 0) is 0 Å². The fourth-order valence-electron chi connectivity index (χ4n) is 2.24. The molecule has 1 heterocycles. The first-order chi connectivity index (χ1) is 11.6. The van der Waals surface area contributed by atoms with E-state index < -0.39 is 0 Å². The Labute approximate surface area is 145 Å². The molecule has 0 unspecified atom stereocenters. The van der Waals surface area contributed by atoms with Crippen LogP contribution in [0.25, 0.3) is 5.69 Å². The molecule has 6 nitrogen and oxygen atoms in total. The van der Waals surface area contributed by atoms with Crippen molar-refractivity contribution in [2.45, 2.75) is 6.92 Å². The van der Waals surface area contributed by atoms with Crippen LogP contribution in [0.3, 0.4) is 0 Å². The monoisotopic (exact) mass is 339 g/mol. The minimum Gasteiger partial charge on any atom is -0.497 e. The lowest BCUT2D eigenvalue weighted by Crippen LogP contribution is -2.11. The Morgan fingerprint density at radius 1 is 1.04 bits per heavy atom. The number of nitrogen functional groups attached to an aromatic ring is 1. The molecule has 3 rings (SSSR count). The summed E-state index contributed by atoms with van der Waals surface area (Å²) in [7, 11) is 1.62. The molecule has 0 bridgehead atoms. The summed E-state index contributed by atoms with van der Waals surface area (Å²) in [6.45, 7) is 2.03. The van der Waals surface area contributed by atoms with Gasteiger partial charge in [0.15, 0.2) is 0 Å². The number of hydrogen-bond acceptors (Lipinski definition) is 6. The van der Waals surface area contributed by atoms with E-state index in [-0.39, 0.29) is 5.95 Å².